The first-order valence-corrected chi connectivity index (χ1v) is 4.61. The third-order valence-electron chi connectivity index (χ3n) is 2.39. The van der Waals surface area contributed by atoms with Crippen LogP contribution < -0.4 is 0 Å². The van der Waals surface area contributed by atoms with Gasteiger partial charge in [0.15, 0.2) is 0 Å². The summed E-state index contributed by atoms with van der Waals surface area (Å²) in [6.07, 6.45) is -6.56. The highest BCUT2D eigenvalue weighted by Gasteiger charge is 2.73. The molecule has 0 unspecified atom stereocenters. The molecule has 0 aliphatic rings. The van der Waals surface area contributed by atoms with Gasteiger partial charge in [-0.15, -0.1) is 0 Å². The molecular weight excluding hydrogens is 291 g/mol. The molecule has 9 heteroatoms. The predicted octanol–water partition coefficient (Wildman–Crippen LogP) is 4.56. The van der Waals surface area contributed by atoms with Gasteiger partial charge in [-0.25, -0.2) is 8.78 Å². The van der Waals surface area contributed by atoms with Crippen LogP contribution >= 0.6 is 0 Å². The number of hydrogen-bond donors (Lipinski definition) is 0. The fourth-order valence-electron chi connectivity index (χ4n) is 1.19. The van der Waals surface area contributed by atoms with Gasteiger partial charge in [-0.05, 0) is 19.1 Å². The van der Waals surface area contributed by atoms with Gasteiger partial charge in [-0.2, -0.15) is 30.7 Å². The molecule has 0 fully saturated rings. The average Bonchev–Trinajstić information content (AvgIpc) is 2.23. The summed E-state index contributed by atoms with van der Waals surface area (Å²) in [5.41, 5.74) is -2.86. The summed E-state index contributed by atoms with van der Waals surface area (Å²) in [5.74, 6) is -15.5. The summed E-state index contributed by atoms with van der Waals surface area (Å²) in [6, 6.07) is -0.504. The zero-order valence-electron chi connectivity index (χ0n) is 9.06. The summed E-state index contributed by atoms with van der Waals surface area (Å²) in [6.45, 7) is 0.814. The van der Waals surface area contributed by atoms with Crippen LogP contribution in [0.2, 0.25) is 0 Å². The molecule has 0 aliphatic carbocycles. The maximum Gasteiger partial charge on any atom is 0.460 e. The zero-order valence-corrected chi connectivity index (χ0v) is 9.06. The molecule has 0 bridgehead atoms. The number of halogens is 9. The van der Waals surface area contributed by atoms with E-state index in [-0.39, 0.29) is 12.1 Å². The SMILES string of the molecule is Cc1c(F)cc(C(F)(F)C(F)(F)C(F)(F)F)cc1F. The monoisotopic (exact) mass is 296 g/mol. The van der Waals surface area contributed by atoms with Gasteiger partial charge in [0.2, 0.25) is 0 Å². The molecule has 0 amide bonds. The summed E-state index contributed by atoms with van der Waals surface area (Å²) < 4.78 is 113. The fraction of sp³-hybridized carbons (Fsp3) is 0.400. The molecule has 0 saturated carbocycles. The highest BCUT2D eigenvalue weighted by molar-refractivity contribution is 5.30. The lowest BCUT2D eigenvalue weighted by Gasteiger charge is -2.28. The number of rotatable bonds is 2. The second-order valence-electron chi connectivity index (χ2n) is 3.71. The summed E-state index contributed by atoms with van der Waals surface area (Å²) in [5, 5.41) is 0. The minimum atomic E-state index is -6.56. The van der Waals surface area contributed by atoms with Gasteiger partial charge in [0.25, 0.3) is 0 Å². The van der Waals surface area contributed by atoms with Crippen molar-refractivity contribution in [2.24, 2.45) is 0 Å². The third-order valence-corrected chi connectivity index (χ3v) is 2.39. The van der Waals surface area contributed by atoms with Gasteiger partial charge < -0.3 is 0 Å². The first kappa shape index (κ1) is 15.6. The van der Waals surface area contributed by atoms with Crippen LogP contribution in [0, 0.1) is 18.6 Å². The lowest BCUT2D eigenvalue weighted by Crippen LogP contribution is -2.50. The smallest absolute Gasteiger partial charge is 0.207 e. The van der Waals surface area contributed by atoms with Crippen molar-refractivity contribution in [1.29, 1.82) is 0 Å². The van der Waals surface area contributed by atoms with E-state index in [9.17, 15) is 39.5 Å². The zero-order chi connectivity index (χ0) is 15.2. The van der Waals surface area contributed by atoms with Gasteiger partial charge in [0.1, 0.15) is 11.6 Å². The second-order valence-corrected chi connectivity index (χ2v) is 3.71. The normalized spacial score (nSPS) is 13.8. The molecule has 0 radical (unpaired) electrons. The van der Waals surface area contributed by atoms with Crippen molar-refractivity contribution in [3.63, 3.8) is 0 Å². The van der Waals surface area contributed by atoms with Crippen LogP contribution in [0.1, 0.15) is 11.1 Å². The maximum absolute atomic E-state index is 13.1. The Hall–Kier alpha value is -1.41. The second kappa shape index (κ2) is 4.31. The van der Waals surface area contributed by atoms with Crippen LogP contribution in [0.5, 0.6) is 0 Å². The molecule has 0 aromatic heterocycles. The minimum Gasteiger partial charge on any atom is -0.207 e. The Morgan fingerprint density at radius 3 is 1.47 bits per heavy atom. The van der Waals surface area contributed by atoms with Gasteiger partial charge >= 0.3 is 18.0 Å². The molecule has 19 heavy (non-hydrogen) atoms. The molecule has 0 aliphatic heterocycles. The Morgan fingerprint density at radius 1 is 0.789 bits per heavy atom. The maximum atomic E-state index is 13.1. The van der Waals surface area contributed by atoms with E-state index in [4.69, 9.17) is 0 Å². The van der Waals surface area contributed by atoms with Crippen molar-refractivity contribution < 1.29 is 39.5 Å². The molecule has 0 nitrogen and oxygen atoms in total. The first-order valence-electron chi connectivity index (χ1n) is 4.61. The summed E-state index contributed by atoms with van der Waals surface area (Å²) in [4.78, 5) is 0. The summed E-state index contributed by atoms with van der Waals surface area (Å²) in [7, 11) is 0. The molecule has 1 rings (SSSR count). The average molecular weight is 296 g/mol. The Morgan fingerprint density at radius 2 is 1.16 bits per heavy atom. The van der Waals surface area contributed by atoms with Crippen LogP contribution in [0.15, 0.2) is 12.1 Å². The van der Waals surface area contributed by atoms with Crippen molar-refractivity contribution in [1.82, 2.24) is 0 Å². The van der Waals surface area contributed by atoms with E-state index in [1.54, 1.807) is 0 Å². The van der Waals surface area contributed by atoms with Gasteiger partial charge in [0, 0.05) is 11.1 Å². The topological polar surface area (TPSA) is 0 Å². The largest absolute Gasteiger partial charge is 0.460 e. The van der Waals surface area contributed by atoms with E-state index in [0.29, 0.717) is 0 Å². The van der Waals surface area contributed by atoms with Gasteiger partial charge in [-0.3, -0.25) is 0 Å². The van der Waals surface area contributed by atoms with E-state index in [2.05, 4.69) is 0 Å². The van der Waals surface area contributed by atoms with E-state index >= 15 is 0 Å². The fourth-order valence-corrected chi connectivity index (χ4v) is 1.19. The van der Waals surface area contributed by atoms with Crippen LogP contribution in [-0.4, -0.2) is 12.1 Å². The molecule has 0 saturated heterocycles. The van der Waals surface area contributed by atoms with Crippen LogP contribution in [-0.2, 0) is 5.92 Å². The van der Waals surface area contributed by atoms with Crippen molar-refractivity contribution in [2.75, 3.05) is 0 Å². The minimum absolute atomic E-state index is 0.252. The molecule has 0 spiro atoms. The van der Waals surface area contributed by atoms with E-state index < -0.39 is 40.8 Å². The molecule has 1 aromatic carbocycles. The quantitative estimate of drug-likeness (QED) is 0.702. The molecular formula is C10H5F9. The molecule has 0 atom stereocenters. The number of hydrogen-bond acceptors (Lipinski definition) is 0. The third kappa shape index (κ3) is 2.37. The highest BCUT2D eigenvalue weighted by atomic mass is 19.4. The van der Waals surface area contributed by atoms with Crippen LogP contribution in [0.3, 0.4) is 0 Å². The predicted molar refractivity (Wildman–Crippen MR) is 46.0 cm³/mol. The van der Waals surface area contributed by atoms with Gasteiger partial charge in [0.05, 0.1) is 0 Å². The van der Waals surface area contributed by atoms with Crippen molar-refractivity contribution in [3.05, 3.63) is 34.9 Å². The lowest BCUT2D eigenvalue weighted by molar-refractivity contribution is -0.359. The highest BCUT2D eigenvalue weighted by Crippen LogP contribution is 2.51. The van der Waals surface area contributed by atoms with E-state index in [0.717, 1.165) is 6.92 Å². The first-order chi connectivity index (χ1) is 8.32. The van der Waals surface area contributed by atoms with Crippen molar-refractivity contribution in [2.45, 2.75) is 24.9 Å². The summed E-state index contributed by atoms with van der Waals surface area (Å²) >= 11 is 0. The van der Waals surface area contributed by atoms with Crippen LogP contribution in [0.25, 0.3) is 0 Å². The van der Waals surface area contributed by atoms with E-state index in [1.807, 2.05) is 0 Å². The van der Waals surface area contributed by atoms with Crippen molar-refractivity contribution in [3.8, 4) is 0 Å². The molecule has 0 heterocycles. The number of benzene rings is 1. The Bertz CT molecular complexity index is 463. The van der Waals surface area contributed by atoms with Crippen LogP contribution in [0.4, 0.5) is 39.5 Å². The molecule has 1 aromatic rings. The Labute approximate surface area is 100 Å². The van der Waals surface area contributed by atoms with E-state index in [1.165, 1.54) is 0 Å². The molecule has 108 valence electrons. The molecule has 0 N–H and O–H groups in total. The number of alkyl halides is 7. The Kier molecular flexibility index (Phi) is 3.55. The van der Waals surface area contributed by atoms with Gasteiger partial charge in [-0.1, -0.05) is 0 Å². The van der Waals surface area contributed by atoms with Crippen molar-refractivity contribution >= 4 is 0 Å². The Balaban J connectivity index is 3.44. The lowest BCUT2D eigenvalue weighted by atomic mass is 10.00. The standard InChI is InChI=1S/C10H5F9/c1-4-6(11)2-5(3-7(4)12)8(13,14)9(15,16)10(17,18)19/h2-3H,1H3.